The van der Waals surface area contributed by atoms with E-state index >= 15 is 0 Å². The van der Waals surface area contributed by atoms with Crippen LogP contribution in [0, 0.1) is 51.7 Å². The number of nitrogens with two attached hydrogens (primary N) is 1. The minimum atomic E-state index is -2.36. The minimum absolute atomic E-state index is 0. The number of aromatic amines is 2. The van der Waals surface area contributed by atoms with Crippen LogP contribution < -0.4 is 15.8 Å². The molecule has 6 heterocycles. The first kappa shape index (κ1) is 43.8. The van der Waals surface area contributed by atoms with Crippen LogP contribution in [0.1, 0.15) is 87.7 Å². The fraction of sp³-hybridized carbons (Fsp3) is 0.368. The number of carbonyl (C=O) groups excluding carboxylic acids is 2. The Labute approximate surface area is 347 Å². The zero-order chi connectivity index (χ0) is 42.5. The summed E-state index contributed by atoms with van der Waals surface area (Å²) in [5.41, 5.74) is 11.3. The average Bonchev–Trinajstić information content (AvgIpc) is 4.08. The normalized spacial score (nSPS) is 18.6. The van der Waals surface area contributed by atoms with Gasteiger partial charge in [-0.1, -0.05) is 0 Å². The summed E-state index contributed by atoms with van der Waals surface area (Å²) in [5, 5.41) is 36.8. The van der Waals surface area contributed by atoms with Crippen LogP contribution in [0.15, 0.2) is 36.9 Å². The molecule has 23 heteroatoms. The van der Waals surface area contributed by atoms with Crippen LogP contribution in [0.4, 0.5) is 22.0 Å². The summed E-state index contributed by atoms with van der Waals surface area (Å²) in [4.78, 5) is 37.2. The van der Waals surface area contributed by atoms with Gasteiger partial charge in [-0.05, 0) is 63.5 Å². The van der Waals surface area contributed by atoms with Crippen molar-refractivity contribution in [3.8, 4) is 17.9 Å². The first-order valence-corrected chi connectivity index (χ1v) is 18.8. The molecule has 2 saturated carbocycles. The molecule has 1 amide bonds. The maximum absolute atomic E-state index is 12.9. The summed E-state index contributed by atoms with van der Waals surface area (Å²) < 4.78 is 71.7. The number of halogens is 6. The third kappa shape index (κ3) is 9.20. The predicted molar refractivity (Wildman–Crippen MR) is 207 cm³/mol. The average molecular weight is 867 g/mol. The molecule has 7 aromatic rings. The fourth-order valence-corrected chi connectivity index (χ4v) is 7.44. The van der Waals surface area contributed by atoms with Crippen LogP contribution in [0.5, 0.6) is 5.75 Å². The molecule has 2 aliphatic rings. The van der Waals surface area contributed by atoms with Crippen LogP contribution in [0.3, 0.4) is 0 Å². The lowest BCUT2D eigenvalue weighted by atomic mass is 9.85. The number of esters is 1. The molecular formula is C38H36ClF5N14O3. The van der Waals surface area contributed by atoms with Gasteiger partial charge in [-0.25, -0.2) is 23.1 Å². The highest BCUT2D eigenvalue weighted by Gasteiger charge is 2.30. The van der Waals surface area contributed by atoms with Crippen molar-refractivity contribution in [3.05, 3.63) is 77.7 Å². The van der Waals surface area contributed by atoms with Gasteiger partial charge < -0.3 is 25.8 Å². The van der Waals surface area contributed by atoms with Crippen molar-refractivity contribution in [1.29, 1.82) is 10.5 Å². The Kier molecular flexibility index (Phi) is 13.7. The van der Waals surface area contributed by atoms with E-state index in [4.69, 9.17) is 16.3 Å². The van der Waals surface area contributed by atoms with E-state index in [0.29, 0.717) is 17.9 Å². The van der Waals surface area contributed by atoms with E-state index in [1.54, 1.807) is 12.4 Å². The Morgan fingerprint density at radius 3 is 1.66 bits per heavy atom. The number of aromatic nitrogens is 10. The molecule has 0 aliphatic heterocycles. The van der Waals surface area contributed by atoms with Gasteiger partial charge in [-0.2, -0.15) is 19.3 Å². The standard InChI is InChI=1S/C16H17N7O.C13H16N6.C9H2F5NO2.ClH/c17-7-5-14(24)20-11-3-1-10(2-4-11)16-22-21-13-9-19-15-12(23(13)16)6-8-18-15;14-9-3-1-8(2-4-9)13-18-17-11-7-16-12-10(19(11)13)5-6-15-12;10-4-5(11)7(13)9(8(14)6(4)12)17-3(16)1-2-15;/h6,8-11,18H,1-5H2,(H,20,24);5-9,15H,1-4,14H2;1H2;1H. The van der Waals surface area contributed by atoms with E-state index in [1.807, 2.05) is 30.6 Å². The summed E-state index contributed by atoms with van der Waals surface area (Å²) in [6, 6.07) is 7.67. The Morgan fingerprint density at radius 2 is 1.18 bits per heavy atom. The van der Waals surface area contributed by atoms with Crippen molar-refractivity contribution < 1.29 is 36.3 Å². The number of fused-ring (bicyclic) bond motifs is 6. The third-order valence-corrected chi connectivity index (χ3v) is 10.4. The molecule has 0 saturated heterocycles. The Bertz CT molecular complexity index is 2750. The number of hydrogen-bond donors (Lipinski definition) is 4. The second-order valence-corrected chi connectivity index (χ2v) is 14.2. The summed E-state index contributed by atoms with van der Waals surface area (Å²) in [5.74, 6) is -11.9. The van der Waals surface area contributed by atoms with E-state index in [9.17, 15) is 31.5 Å². The number of carbonyl (C=O) groups is 2. The monoisotopic (exact) mass is 866 g/mol. The lowest BCUT2D eigenvalue weighted by Crippen LogP contribution is -2.37. The number of ether oxygens (including phenoxy) is 1. The molecule has 0 unspecified atom stereocenters. The Morgan fingerprint density at radius 1 is 0.721 bits per heavy atom. The maximum atomic E-state index is 12.9. The summed E-state index contributed by atoms with van der Waals surface area (Å²) in [6.45, 7) is 0. The van der Waals surface area contributed by atoms with Crippen molar-refractivity contribution in [2.24, 2.45) is 5.73 Å². The van der Waals surface area contributed by atoms with Gasteiger partial charge in [0.05, 0.1) is 35.6 Å². The molecule has 6 aromatic heterocycles. The molecule has 0 radical (unpaired) electrons. The van der Waals surface area contributed by atoms with E-state index in [0.717, 1.165) is 96.6 Å². The number of nitriles is 2. The highest BCUT2D eigenvalue weighted by molar-refractivity contribution is 5.85. The lowest BCUT2D eigenvalue weighted by Gasteiger charge is -2.28. The maximum Gasteiger partial charge on any atom is 0.325 e. The van der Waals surface area contributed by atoms with Crippen molar-refractivity contribution in [2.75, 3.05) is 0 Å². The zero-order valence-electron chi connectivity index (χ0n) is 31.9. The second-order valence-electron chi connectivity index (χ2n) is 14.2. The van der Waals surface area contributed by atoms with Gasteiger partial charge in [0.2, 0.25) is 40.7 Å². The van der Waals surface area contributed by atoms with Gasteiger partial charge in [0.1, 0.15) is 24.5 Å². The smallest absolute Gasteiger partial charge is 0.325 e. The van der Waals surface area contributed by atoms with Gasteiger partial charge in [-0.15, -0.1) is 32.8 Å². The molecule has 17 nitrogen and oxygen atoms in total. The third-order valence-electron chi connectivity index (χ3n) is 10.4. The molecule has 61 heavy (non-hydrogen) atoms. The van der Waals surface area contributed by atoms with Gasteiger partial charge >= 0.3 is 5.97 Å². The number of H-pyrrole nitrogens is 2. The second kappa shape index (κ2) is 19.1. The number of amides is 1. The number of nitrogens with zero attached hydrogens (tertiary/aromatic N) is 10. The first-order valence-electron chi connectivity index (χ1n) is 18.8. The highest BCUT2D eigenvalue weighted by Crippen LogP contribution is 2.34. The van der Waals surface area contributed by atoms with Gasteiger partial charge in [0, 0.05) is 36.3 Å². The van der Waals surface area contributed by atoms with Crippen LogP contribution in [0.25, 0.3) is 33.6 Å². The van der Waals surface area contributed by atoms with Crippen molar-refractivity contribution in [2.45, 2.75) is 88.1 Å². The fourth-order valence-electron chi connectivity index (χ4n) is 7.44. The minimum Gasteiger partial charge on any atom is -0.419 e. The Hall–Kier alpha value is -6.78. The molecule has 0 atom stereocenters. The molecule has 2 fully saturated rings. The largest absolute Gasteiger partial charge is 0.419 e. The molecule has 2 aliphatic carbocycles. The molecule has 0 spiro atoms. The highest BCUT2D eigenvalue weighted by atomic mass is 35.5. The van der Waals surface area contributed by atoms with Gasteiger partial charge in [0.15, 0.2) is 22.6 Å². The van der Waals surface area contributed by atoms with Crippen molar-refractivity contribution in [3.63, 3.8) is 0 Å². The molecule has 9 rings (SSSR count). The van der Waals surface area contributed by atoms with Gasteiger partial charge in [-0.3, -0.25) is 18.4 Å². The quantitative estimate of drug-likeness (QED) is 0.0504. The molecule has 5 N–H and O–H groups in total. The molecule has 1 aromatic carbocycles. The Balaban J connectivity index is 0.000000155. The number of nitrogens with one attached hydrogen (secondary N) is 3. The van der Waals surface area contributed by atoms with E-state index < -0.39 is 47.2 Å². The predicted octanol–water partition coefficient (Wildman–Crippen LogP) is 5.88. The number of hydrogen-bond acceptors (Lipinski definition) is 12. The van der Waals surface area contributed by atoms with Crippen LogP contribution >= 0.6 is 12.4 Å². The number of rotatable bonds is 6. The van der Waals surface area contributed by atoms with E-state index in [2.05, 4.69) is 59.2 Å². The van der Waals surface area contributed by atoms with Crippen molar-refractivity contribution >= 4 is 57.9 Å². The van der Waals surface area contributed by atoms with Crippen molar-refractivity contribution in [1.82, 2.24) is 54.4 Å². The van der Waals surface area contributed by atoms with E-state index in [-0.39, 0.29) is 30.8 Å². The molecule has 0 bridgehead atoms. The van der Waals surface area contributed by atoms with Crippen LogP contribution in [-0.2, 0) is 9.59 Å². The van der Waals surface area contributed by atoms with Gasteiger partial charge in [0.25, 0.3) is 0 Å². The summed E-state index contributed by atoms with van der Waals surface area (Å²) >= 11 is 0. The van der Waals surface area contributed by atoms with Crippen LogP contribution in [-0.4, -0.2) is 73.1 Å². The lowest BCUT2D eigenvalue weighted by molar-refractivity contribution is -0.133. The first-order chi connectivity index (χ1) is 29.0. The topological polar surface area (TPSA) is 247 Å². The van der Waals surface area contributed by atoms with E-state index in [1.165, 1.54) is 6.07 Å². The number of benzene rings is 1. The molecule has 318 valence electrons. The molecular weight excluding hydrogens is 831 g/mol. The summed E-state index contributed by atoms with van der Waals surface area (Å²) in [6.07, 6.45) is 14.3. The summed E-state index contributed by atoms with van der Waals surface area (Å²) in [7, 11) is 0. The zero-order valence-corrected chi connectivity index (χ0v) is 32.7. The SMILES string of the molecule is Cl.N#CCC(=O)NC1CCC(c2nnc3cnc4[nH]ccc4n23)CC1.N#CCC(=O)Oc1c(F)c(F)c(F)c(F)c1F.NC1CCC(c2nnc3cnc4[nH]ccc4n23)CC1. The van der Waals surface area contributed by atoms with Crippen LogP contribution in [0.2, 0.25) is 0 Å².